The van der Waals surface area contributed by atoms with E-state index in [4.69, 9.17) is 0 Å². The van der Waals surface area contributed by atoms with Crippen LogP contribution in [-0.4, -0.2) is 43.6 Å². The van der Waals surface area contributed by atoms with Gasteiger partial charge in [0.2, 0.25) is 5.91 Å². The first-order valence-electron chi connectivity index (χ1n) is 7.75. The van der Waals surface area contributed by atoms with Crippen LogP contribution in [0.4, 0.5) is 0 Å². The van der Waals surface area contributed by atoms with Gasteiger partial charge in [-0.1, -0.05) is 12.1 Å². The molecule has 1 aromatic heterocycles. The first-order valence-corrected chi connectivity index (χ1v) is 7.75. The molecule has 0 bridgehead atoms. The molecule has 0 spiro atoms. The fourth-order valence-corrected chi connectivity index (χ4v) is 3.28. The van der Waals surface area contributed by atoms with Gasteiger partial charge in [-0.2, -0.15) is 0 Å². The molecule has 0 aliphatic carbocycles. The van der Waals surface area contributed by atoms with Crippen molar-refractivity contribution in [2.45, 2.75) is 38.9 Å². The number of aromatic nitrogens is 2. The maximum atomic E-state index is 12.5. The Bertz CT molecular complexity index is 820. The molecule has 1 amide bonds. The number of benzene rings is 1. The number of carbonyl (C=O) groups is 2. The molecule has 1 aliphatic rings. The average molecular weight is 317 g/mol. The number of carboxylic acids is 1. The Balaban J connectivity index is 1.96. The van der Waals surface area contributed by atoms with E-state index in [1.165, 1.54) is 9.47 Å². The van der Waals surface area contributed by atoms with Gasteiger partial charge in [0.15, 0.2) is 0 Å². The van der Waals surface area contributed by atoms with Crippen LogP contribution in [0.25, 0.3) is 11.0 Å². The van der Waals surface area contributed by atoms with Crippen LogP contribution in [0.3, 0.4) is 0 Å². The zero-order valence-corrected chi connectivity index (χ0v) is 12.9. The number of para-hydroxylation sites is 2. The van der Waals surface area contributed by atoms with E-state index in [9.17, 15) is 19.5 Å². The molecule has 0 radical (unpaired) electrons. The predicted octanol–water partition coefficient (Wildman–Crippen LogP) is 0.898. The molecule has 7 heteroatoms. The first-order chi connectivity index (χ1) is 11.0. The summed E-state index contributed by atoms with van der Waals surface area (Å²) in [5.74, 6) is -1.31. The summed E-state index contributed by atoms with van der Waals surface area (Å²) < 4.78 is 3.04. The molecule has 23 heavy (non-hydrogen) atoms. The average Bonchev–Trinajstić information content (AvgIpc) is 3.12. The lowest BCUT2D eigenvalue weighted by molar-refractivity contribution is -0.148. The third kappa shape index (κ3) is 2.52. The summed E-state index contributed by atoms with van der Waals surface area (Å²) in [6.45, 7) is 2.69. The van der Waals surface area contributed by atoms with Gasteiger partial charge >= 0.3 is 11.7 Å². The number of imidazole rings is 1. The molecule has 122 valence electrons. The Kier molecular flexibility index (Phi) is 3.94. The SMILES string of the molecule is CCn1c(=O)n(CC(=O)N2CCC[C@@H]2C(=O)O)c2ccccc21. The predicted molar refractivity (Wildman–Crippen MR) is 84.2 cm³/mol. The summed E-state index contributed by atoms with van der Waals surface area (Å²) in [6.07, 6.45) is 1.14. The zero-order valence-electron chi connectivity index (χ0n) is 12.9. The van der Waals surface area contributed by atoms with Crippen molar-refractivity contribution in [1.82, 2.24) is 14.0 Å². The fourth-order valence-electron chi connectivity index (χ4n) is 3.28. The molecule has 0 unspecified atom stereocenters. The molecular weight excluding hydrogens is 298 g/mol. The molecular formula is C16H19N3O4. The van der Waals surface area contributed by atoms with E-state index in [1.807, 2.05) is 25.1 Å². The smallest absolute Gasteiger partial charge is 0.329 e. The van der Waals surface area contributed by atoms with E-state index < -0.39 is 12.0 Å². The number of fused-ring (bicyclic) bond motifs is 1. The second-order valence-corrected chi connectivity index (χ2v) is 5.69. The molecule has 2 aromatic rings. The summed E-state index contributed by atoms with van der Waals surface area (Å²) in [5, 5.41) is 9.20. The van der Waals surface area contributed by atoms with E-state index in [2.05, 4.69) is 0 Å². The van der Waals surface area contributed by atoms with Gasteiger partial charge in [0.05, 0.1) is 11.0 Å². The Morgan fingerprint density at radius 1 is 1.22 bits per heavy atom. The zero-order chi connectivity index (χ0) is 16.6. The van der Waals surface area contributed by atoms with Gasteiger partial charge in [-0.25, -0.2) is 9.59 Å². The number of amides is 1. The highest BCUT2D eigenvalue weighted by Crippen LogP contribution is 2.19. The van der Waals surface area contributed by atoms with Crippen molar-refractivity contribution in [3.8, 4) is 0 Å². The monoisotopic (exact) mass is 317 g/mol. The van der Waals surface area contributed by atoms with Crippen LogP contribution in [0.5, 0.6) is 0 Å². The number of nitrogens with zero attached hydrogens (tertiary/aromatic N) is 3. The normalized spacial score (nSPS) is 17.8. The summed E-state index contributed by atoms with van der Waals surface area (Å²) in [4.78, 5) is 37.6. The van der Waals surface area contributed by atoms with Crippen LogP contribution >= 0.6 is 0 Å². The van der Waals surface area contributed by atoms with Crippen molar-refractivity contribution in [2.75, 3.05) is 6.54 Å². The van der Waals surface area contributed by atoms with Crippen molar-refractivity contribution in [3.05, 3.63) is 34.7 Å². The van der Waals surface area contributed by atoms with Gasteiger partial charge in [-0.05, 0) is 31.9 Å². The number of aliphatic carboxylic acids is 1. The van der Waals surface area contributed by atoms with Crippen molar-refractivity contribution in [1.29, 1.82) is 0 Å². The van der Waals surface area contributed by atoms with E-state index in [-0.39, 0.29) is 18.1 Å². The third-order valence-electron chi connectivity index (χ3n) is 4.39. The van der Waals surface area contributed by atoms with Crippen LogP contribution < -0.4 is 5.69 Å². The summed E-state index contributed by atoms with van der Waals surface area (Å²) in [5.41, 5.74) is 1.23. The number of rotatable bonds is 4. The van der Waals surface area contributed by atoms with Crippen molar-refractivity contribution in [3.63, 3.8) is 0 Å². The minimum Gasteiger partial charge on any atom is -0.480 e. The minimum atomic E-state index is -0.987. The lowest BCUT2D eigenvalue weighted by atomic mass is 10.2. The molecule has 1 atom stereocenters. The van der Waals surface area contributed by atoms with Crippen LogP contribution in [0.15, 0.2) is 29.1 Å². The number of hydrogen-bond acceptors (Lipinski definition) is 3. The van der Waals surface area contributed by atoms with Crippen molar-refractivity contribution in [2.24, 2.45) is 0 Å². The number of carbonyl (C=O) groups excluding carboxylic acids is 1. The van der Waals surface area contributed by atoms with Crippen LogP contribution in [0.1, 0.15) is 19.8 Å². The summed E-state index contributed by atoms with van der Waals surface area (Å²) >= 11 is 0. The topological polar surface area (TPSA) is 84.5 Å². The Morgan fingerprint density at radius 3 is 2.48 bits per heavy atom. The van der Waals surface area contributed by atoms with Gasteiger partial charge in [-0.3, -0.25) is 13.9 Å². The largest absolute Gasteiger partial charge is 0.480 e. The van der Waals surface area contributed by atoms with Gasteiger partial charge in [0.25, 0.3) is 0 Å². The highest BCUT2D eigenvalue weighted by molar-refractivity contribution is 5.85. The highest BCUT2D eigenvalue weighted by atomic mass is 16.4. The van der Waals surface area contributed by atoms with Gasteiger partial charge in [0, 0.05) is 13.1 Å². The van der Waals surface area contributed by atoms with Crippen molar-refractivity contribution < 1.29 is 14.7 Å². The molecule has 1 N–H and O–H groups in total. The molecule has 2 heterocycles. The Morgan fingerprint density at radius 2 is 1.87 bits per heavy atom. The van der Waals surface area contributed by atoms with E-state index in [0.29, 0.717) is 31.4 Å². The lowest BCUT2D eigenvalue weighted by Gasteiger charge is -2.21. The molecule has 1 saturated heterocycles. The summed E-state index contributed by atoms with van der Waals surface area (Å²) in [7, 11) is 0. The second kappa shape index (κ2) is 5.91. The second-order valence-electron chi connectivity index (χ2n) is 5.69. The molecule has 1 aromatic carbocycles. The first kappa shape index (κ1) is 15.3. The van der Waals surface area contributed by atoms with E-state index in [1.54, 1.807) is 10.6 Å². The number of likely N-dealkylation sites (tertiary alicyclic amines) is 1. The Hall–Kier alpha value is -2.57. The van der Waals surface area contributed by atoms with Gasteiger partial charge in [-0.15, -0.1) is 0 Å². The van der Waals surface area contributed by atoms with Crippen LogP contribution in [0, 0.1) is 0 Å². The van der Waals surface area contributed by atoms with E-state index in [0.717, 1.165) is 5.52 Å². The number of carboxylic acid groups (broad SMARTS) is 1. The summed E-state index contributed by atoms with van der Waals surface area (Å²) in [6, 6.07) is 6.53. The number of aryl methyl sites for hydroxylation is 1. The quantitative estimate of drug-likeness (QED) is 0.908. The molecule has 7 nitrogen and oxygen atoms in total. The van der Waals surface area contributed by atoms with E-state index >= 15 is 0 Å². The van der Waals surface area contributed by atoms with Crippen molar-refractivity contribution >= 4 is 22.9 Å². The highest BCUT2D eigenvalue weighted by Gasteiger charge is 2.34. The Labute approximate surface area is 132 Å². The standard InChI is InChI=1S/C16H19N3O4/c1-2-17-11-6-3-4-7-12(11)19(16(17)23)10-14(20)18-9-5-8-13(18)15(21)22/h3-4,6-7,13H,2,5,8-10H2,1H3,(H,21,22)/t13-/m1/s1. The third-order valence-corrected chi connectivity index (χ3v) is 4.39. The molecule has 1 aliphatic heterocycles. The fraction of sp³-hybridized carbons (Fsp3) is 0.438. The van der Waals surface area contributed by atoms with Gasteiger partial charge < -0.3 is 10.0 Å². The minimum absolute atomic E-state index is 0.129. The maximum absolute atomic E-state index is 12.5. The van der Waals surface area contributed by atoms with Crippen LogP contribution in [-0.2, 0) is 22.7 Å². The molecule has 0 saturated carbocycles. The number of hydrogen-bond donors (Lipinski definition) is 1. The van der Waals surface area contributed by atoms with Gasteiger partial charge in [0.1, 0.15) is 12.6 Å². The molecule has 3 rings (SSSR count). The lowest BCUT2D eigenvalue weighted by Crippen LogP contribution is -2.43. The molecule has 1 fully saturated rings. The maximum Gasteiger partial charge on any atom is 0.329 e. The van der Waals surface area contributed by atoms with Crippen LogP contribution in [0.2, 0.25) is 0 Å².